The molecule has 2 amide bonds. The summed E-state index contributed by atoms with van der Waals surface area (Å²) < 4.78 is 31.5. The van der Waals surface area contributed by atoms with E-state index < -0.39 is 10.0 Å². The van der Waals surface area contributed by atoms with Crippen molar-refractivity contribution in [3.8, 4) is 0 Å². The van der Waals surface area contributed by atoms with Crippen LogP contribution in [0.4, 0.5) is 4.79 Å². The number of nitrogens with zero attached hydrogens (tertiary/aromatic N) is 1. The van der Waals surface area contributed by atoms with Gasteiger partial charge in [-0.3, -0.25) is 0 Å². The van der Waals surface area contributed by atoms with E-state index in [1.807, 2.05) is 6.92 Å². The number of sulfonamides is 1. The summed E-state index contributed by atoms with van der Waals surface area (Å²) in [4.78, 5) is 13.6. The first-order chi connectivity index (χ1) is 9.99. The molecule has 0 bridgehead atoms. The molecule has 1 fully saturated rings. The maximum absolute atomic E-state index is 12.0. The fourth-order valence-electron chi connectivity index (χ4n) is 1.89. The normalized spacial score (nSPS) is 15.8. The van der Waals surface area contributed by atoms with E-state index in [9.17, 15) is 13.2 Å². The Morgan fingerprint density at radius 1 is 1.24 bits per heavy atom. The minimum Gasteiger partial charge on any atom is -0.378 e. The van der Waals surface area contributed by atoms with Crippen LogP contribution in [0, 0.1) is 6.92 Å². The van der Waals surface area contributed by atoms with Crippen LogP contribution in [0.25, 0.3) is 0 Å². The maximum atomic E-state index is 12.0. The smallest absolute Gasteiger partial charge is 0.318 e. The zero-order valence-electron chi connectivity index (χ0n) is 11.8. The SMILES string of the molecule is Cc1ccc(S(=O)(=O)NCNC(=O)N2CCOCC2)cc1. The van der Waals surface area contributed by atoms with Crippen LogP contribution in [0.15, 0.2) is 29.2 Å². The molecule has 1 saturated heterocycles. The molecule has 2 rings (SSSR count). The summed E-state index contributed by atoms with van der Waals surface area (Å²) >= 11 is 0. The molecular weight excluding hydrogens is 294 g/mol. The summed E-state index contributed by atoms with van der Waals surface area (Å²) in [7, 11) is -3.61. The number of carbonyl (C=O) groups excluding carboxylic acids is 1. The lowest BCUT2D eigenvalue weighted by atomic mass is 10.2. The second-order valence-electron chi connectivity index (χ2n) is 4.72. The van der Waals surface area contributed by atoms with Gasteiger partial charge in [-0.05, 0) is 19.1 Å². The van der Waals surface area contributed by atoms with Crippen molar-refractivity contribution >= 4 is 16.1 Å². The Morgan fingerprint density at radius 3 is 2.48 bits per heavy atom. The Morgan fingerprint density at radius 2 is 1.86 bits per heavy atom. The highest BCUT2D eigenvalue weighted by Crippen LogP contribution is 2.09. The van der Waals surface area contributed by atoms with Crippen LogP contribution in [-0.2, 0) is 14.8 Å². The fourth-order valence-corrected chi connectivity index (χ4v) is 2.81. The maximum Gasteiger partial charge on any atom is 0.318 e. The minimum atomic E-state index is -3.61. The molecule has 1 aromatic rings. The molecule has 0 aromatic heterocycles. The first kappa shape index (κ1) is 15.7. The Balaban J connectivity index is 1.84. The highest BCUT2D eigenvalue weighted by molar-refractivity contribution is 7.89. The summed E-state index contributed by atoms with van der Waals surface area (Å²) in [5.41, 5.74) is 0.981. The van der Waals surface area contributed by atoms with Gasteiger partial charge < -0.3 is 15.0 Å². The van der Waals surface area contributed by atoms with Crippen molar-refractivity contribution in [3.63, 3.8) is 0 Å². The van der Waals surface area contributed by atoms with Gasteiger partial charge in [-0.25, -0.2) is 13.2 Å². The molecule has 1 heterocycles. The molecule has 0 saturated carbocycles. The number of hydrogen-bond donors (Lipinski definition) is 2. The van der Waals surface area contributed by atoms with Crippen molar-refractivity contribution in [1.29, 1.82) is 0 Å². The monoisotopic (exact) mass is 313 g/mol. The number of aryl methyl sites for hydroxylation is 1. The highest BCUT2D eigenvalue weighted by atomic mass is 32.2. The number of rotatable bonds is 4. The lowest BCUT2D eigenvalue weighted by Gasteiger charge is -2.26. The van der Waals surface area contributed by atoms with Crippen molar-refractivity contribution in [2.45, 2.75) is 11.8 Å². The lowest BCUT2D eigenvalue weighted by Crippen LogP contribution is -2.48. The van der Waals surface area contributed by atoms with Crippen LogP contribution in [-0.4, -0.2) is 52.3 Å². The van der Waals surface area contributed by atoms with E-state index >= 15 is 0 Å². The third-order valence-electron chi connectivity index (χ3n) is 3.13. The van der Waals surface area contributed by atoms with Gasteiger partial charge in [0.15, 0.2) is 0 Å². The van der Waals surface area contributed by atoms with Crippen molar-refractivity contribution in [2.75, 3.05) is 33.0 Å². The van der Waals surface area contributed by atoms with E-state index in [1.165, 1.54) is 12.1 Å². The molecule has 0 aliphatic carbocycles. The molecule has 2 N–H and O–H groups in total. The molecular formula is C13H19N3O4S. The average Bonchev–Trinajstić information content (AvgIpc) is 2.48. The molecule has 7 nitrogen and oxygen atoms in total. The summed E-state index contributed by atoms with van der Waals surface area (Å²) in [6, 6.07) is 6.20. The minimum absolute atomic E-state index is 0.146. The Hall–Kier alpha value is -1.64. The van der Waals surface area contributed by atoms with Crippen LogP contribution in [0.1, 0.15) is 5.56 Å². The van der Waals surface area contributed by atoms with E-state index in [0.29, 0.717) is 26.3 Å². The summed E-state index contributed by atoms with van der Waals surface area (Å²) in [6.07, 6.45) is 0. The van der Waals surface area contributed by atoms with Gasteiger partial charge >= 0.3 is 6.03 Å². The highest BCUT2D eigenvalue weighted by Gasteiger charge is 2.17. The van der Waals surface area contributed by atoms with Crippen LogP contribution >= 0.6 is 0 Å². The van der Waals surface area contributed by atoms with Gasteiger partial charge in [-0.1, -0.05) is 17.7 Å². The molecule has 1 aromatic carbocycles. The standard InChI is InChI=1S/C13H19N3O4S/c1-11-2-4-12(5-3-11)21(18,19)15-10-14-13(17)16-6-8-20-9-7-16/h2-5,15H,6-10H2,1H3,(H,14,17). The molecule has 8 heteroatoms. The quantitative estimate of drug-likeness (QED) is 0.781. The predicted octanol–water partition coefficient (Wildman–Crippen LogP) is 0.273. The van der Waals surface area contributed by atoms with Gasteiger partial charge in [0.2, 0.25) is 10.0 Å². The van der Waals surface area contributed by atoms with E-state index in [0.717, 1.165) is 5.56 Å². The Bertz CT molecular complexity index is 580. The lowest BCUT2D eigenvalue weighted by molar-refractivity contribution is 0.0532. The first-order valence-electron chi connectivity index (χ1n) is 6.66. The number of benzene rings is 1. The van der Waals surface area contributed by atoms with Gasteiger partial charge in [-0.15, -0.1) is 0 Å². The van der Waals surface area contributed by atoms with Gasteiger partial charge in [0.25, 0.3) is 0 Å². The van der Waals surface area contributed by atoms with Gasteiger partial charge in [-0.2, -0.15) is 4.72 Å². The topological polar surface area (TPSA) is 87.7 Å². The molecule has 0 radical (unpaired) electrons. The summed E-state index contributed by atoms with van der Waals surface area (Å²) in [6.45, 7) is 3.76. The Kier molecular flexibility index (Phi) is 5.16. The fraction of sp³-hybridized carbons (Fsp3) is 0.462. The van der Waals surface area contributed by atoms with Crippen molar-refractivity contribution in [2.24, 2.45) is 0 Å². The largest absolute Gasteiger partial charge is 0.378 e. The number of urea groups is 1. The molecule has 1 aliphatic rings. The van der Waals surface area contributed by atoms with Crippen molar-refractivity contribution < 1.29 is 17.9 Å². The third-order valence-corrected chi connectivity index (χ3v) is 4.55. The van der Waals surface area contributed by atoms with Crippen LogP contribution in [0.3, 0.4) is 0 Å². The van der Waals surface area contributed by atoms with Crippen LogP contribution < -0.4 is 10.0 Å². The summed E-state index contributed by atoms with van der Waals surface area (Å²) in [5, 5.41) is 2.53. The molecule has 116 valence electrons. The number of carbonyl (C=O) groups is 1. The molecule has 1 aliphatic heterocycles. The average molecular weight is 313 g/mol. The van der Waals surface area contributed by atoms with Gasteiger partial charge in [0.05, 0.1) is 24.8 Å². The van der Waals surface area contributed by atoms with E-state index in [2.05, 4.69) is 10.0 Å². The number of hydrogen-bond acceptors (Lipinski definition) is 4. The summed E-state index contributed by atoms with van der Waals surface area (Å²) in [5.74, 6) is 0. The first-order valence-corrected chi connectivity index (χ1v) is 8.14. The van der Waals surface area contributed by atoms with Crippen LogP contribution in [0.5, 0.6) is 0 Å². The molecule has 21 heavy (non-hydrogen) atoms. The zero-order chi connectivity index (χ0) is 15.3. The number of morpholine rings is 1. The van der Waals surface area contributed by atoms with Crippen LogP contribution in [0.2, 0.25) is 0 Å². The number of amides is 2. The van der Waals surface area contributed by atoms with Crippen molar-refractivity contribution in [3.05, 3.63) is 29.8 Å². The zero-order valence-corrected chi connectivity index (χ0v) is 12.6. The third kappa shape index (κ3) is 4.42. The second-order valence-corrected chi connectivity index (χ2v) is 6.49. The van der Waals surface area contributed by atoms with Gasteiger partial charge in [0.1, 0.15) is 0 Å². The molecule has 0 unspecified atom stereocenters. The second kappa shape index (κ2) is 6.88. The molecule has 0 spiro atoms. The van der Waals surface area contributed by atoms with Crippen molar-refractivity contribution in [1.82, 2.24) is 14.9 Å². The Labute approximate surface area is 124 Å². The van der Waals surface area contributed by atoms with E-state index in [1.54, 1.807) is 17.0 Å². The predicted molar refractivity (Wildman–Crippen MR) is 77.3 cm³/mol. The van der Waals surface area contributed by atoms with E-state index in [-0.39, 0.29) is 17.6 Å². The number of nitrogens with one attached hydrogen (secondary N) is 2. The van der Waals surface area contributed by atoms with Gasteiger partial charge in [0, 0.05) is 13.1 Å². The molecule has 0 atom stereocenters. The number of ether oxygens (including phenoxy) is 1. The van der Waals surface area contributed by atoms with E-state index in [4.69, 9.17) is 4.74 Å².